The molecule has 0 atom stereocenters. The third-order valence-corrected chi connectivity index (χ3v) is 3.89. The number of aromatic nitrogens is 2. The van der Waals surface area contributed by atoms with E-state index in [9.17, 15) is 4.79 Å². The Hall–Kier alpha value is -2.18. The maximum Gasteiger partial charge on any atom is 0.259 e. The molecule has 3 rings (SSSR count). The van der Waals surface area contributed by atoms with Gasteiger partial charge in [-0.2, -0.15) is 4.37 Å². The third-order valence-electron chi connectivity index (χ3n) is 2.74. The number of hydrogen-bond donors (Lipinski definition) is 2. The monoisotopic (exact) mass is 304 g/mol. The minimum Gasteiger partial charge on any atom is -0.399 e. The first-order chi connectivity index (χ1) is 9.65. The average molecular weight is 305 g/mol. The van der Waals surface area contributed by atoms with Crippen molar-refractivity contribution in [1.82, 2.24) is 9.36 Å². The number of anilines is 2. The number of nitrogens with one attached hydrogen (secondary N) is 1. The molecule has 0 saturated heterocycles. The molecule has 0 fully saturated rings. The van der Waals surface area contributed by atoms with E-state index in [0.717, 1.165) is 10.1 Å². The van der Waals surface area contributed by atoms with Gasteiger partial charge in [0, 0.05) is 23.5 Å². The maximum atomic E-state index is 12.2. The van der Waals surface area contributed by atoms with Crippen molar-refractivity contribution in [2.45, 2.75) is 0 Å². The molecule has 0 bridgehead atoms. The molecule has 0 aliphatic heterocycles. The number of nitrogens with zero attached hydrogens (tertiary/aromatic N) is 2. The van der Waals surface area contributed by atoms with Crippen molar-refractivity contribution in [3.05, 3.63) is 47.2 Å². The van der Waals surface area contributed by atoms with E-state index in [4.69, 9.17) is 17.3 Å². The molecule has 0 radical (unpaired) electrons. The zero-order valence-corrected chi connectivity index (χ0v) is 11.7. The largest absolute Gasteiger partial charge is 0.399 e. The van der Waals surface area contributed by atoms with Gasteiger partial charge in [0.25, 0.3) is 5.91 Å². The highest BCUT2D eigenvalue weighted by atomic mass is 35.5. The first-order valence-corrected chi connectivity index (χ1v) is 6.86. The van der Waals surface area contributed by atoms with Crippen LogP contribution in [0, 0.1) is 0 Å². The molecule has 20 heavy (non-hydrogen) atoms. The minimum atomic E-state index is -0.349. The van der Waals surface area contributed by atoms with Crippen molar-refractivity contribution in [1.29, 1.82) is 0 Å². The van der Waals surface area contributed by atoms with Gasteiger partial charge in [-0.05, 0) is 35.8 Å². The SMILES string of the molecule is Nc1ccc2snc(NC(=O)c3cnccc3Cl)c2c1. The number of carbonyl (C=O) groups is 1. The summed E-state index contributed by atoms with van der Waals surface area (Å²) >= 11 is 7.26. The van der Waals surface area contributed by atoms with E-state index < -0.39 is 0 Å². The number of hydrogen-bond acceptors (Lipinski definition) is 5. The van der Waals surface area contributed by atoms with E-state index in [2.05, 4.69) is 14.7 Å². The van der Waals surface area contributed by atoms with E-state index in [-0.39, 0.29) is 5.91 Å². The van der Waals surface area contributed by atoms with E-state index in [1.807, 2.05) is 6.07 Å². The van der Waals surface area contributed by atoms with Crippen LogP contribution in [-0.4, -0.2) is 15.3 Å². The van der Waals surface area contributed by atoms with Crippen LogP contribution in [0.15, 0.2) is 36.7 Å². The zero-order chi connectivity index (χ0) is 14.1. The fraction of sp³-hybridized carbons (Fsp3) is 0. The number of rotatable bonds is 2. The number of nitrogens with two attached hydrogens (primary N) is 1. The number of benzene rings is 1. The van der Waals surface area contributed by atoms with E-state index in [0.29, 0.717) is 22.1 Å². The van der Waals surface area contributed by atoms with Crippen molar-refractivity contribution in [3.8, 4) is 0 Å². The van der Waals surface area contributed by atoms with Crippen LogP contribution < -0.4 is 11.1 Å². The molecule has 5 nitrogen and oxygen atoms in total. The minimum absolute atomic E-state index is 0.305. The van der Waals surface area contributed by atoms with Gasteiger partial charge >= 0.3 is 0 Å². The van der Waals surface area contributed by atoms with Crippen LogP contribution in [0.25, 0.3) is 10.1 Å². The Labute approximate surface area is 123 Å². The molecule has 100 valence electrons. The summed E-state index contributed by atoms with van der Waals surface area (Å²) < 4.78 is 5.17. The fourth-order valence-electron chi connectivity index (χ4n) is 1.77. The summed E-state index contributed by atoms with van der Waals surface area (Å²) in [6, 6.07) is 7.01. The van der Waals surface area contributed by atoms with Crippen LogP contribution in [-0.2, 0) is 0 Å². The fourth-order valence-corrected chi connectivity index (χ4v) is 2.67. The summed E-state index contributed by atoms with van der Waals surface area (Å²) in [5.74, 6) is 0.125. The molecule has 0 saturated carbocycles. The van der Waals surface area contributed by atoms with Gasteiger partial charge in [-0.1, -0.05) is 11.6 Å². The second-order valence-electron chi connectivity index (χ2n) is 4.10. The van der Waals surface area contributed by atoms with E-state index in [1.165, 1.54) is 23.9 Å². The van der Waals surface area contributed by atoms with Crippen molar-refractivity contribution in [2.75, 3.05) is 11.1 Å². The number of nitrogen functional groups attached to an aromatic ring is 1. The second-order valence-corrected chi connectivity index (χ2v) is 5.31. The Balaban J connectivity index is 1.96. The second kappa shape index (κ2) is 5.07. The standard InChI is InChI=1S/C13H9ClN4OS/c14-10-3-4-16-6-9(10)13(19)17-12-8-5-7(15)1-2-11(8)20-18-12/h1-6H,15H2,(H,17,18,19). The molecule has 3 aromatic rings. The van der Waals surface area contributed by atoms with Crippen molar-refractivity contribution < 1.29 is 4.79 Å². The normalized spacial score (nSPS) is 10.7. The average Bonchev–Trinajstić information content (AvgIpc) is 2.82. The number of amides is 1. The molecule has 7 heteroatoms. The van der Waals surface area contributed by atoms with Gasteiger partial charge in [0.05, 0.1) is 15.3 Å². The van der Waals surface area contributed by atoms with Crippen LogP contribution in [0.5, 0.6) is 0 Å². The molecule has 2 aromatic heterocycles. The first-order valence-electron chi connectivity index (χ1n) is 5.71. The summed E-state index contributed by atoms with van der Waals surface area (Å²) in [4.78, 5) is 16.0. The van der Waals surface area contributed by atoms with Gasteiger partial charge < -0.3 is 11.1 Å². The quantitative estimate of drug-likeness (QED) is 0.712. The van der Waals surface area contributed by atoms with Crippen LogP contribution in [0.1, 0.15) is 10.4 Å². The van der Waals surface area contributed by atoms with E-state index in [1.54, 1.807) is 18.2 Å². The Morgan fingerprint density at radius 2 is 2.20 bits per heavy atom. The maximum absolute atomic E-state index is 12.2. The van der Waals surface area contributed by atoms with Crippen molar-refractivity contribution in [3.63, 3.8) is 0 Å². The predicted octanol–water partition coefficient (Wildman–Crippen LogP) is 3.18. The summed E-state index contributed by atoms with van der Waals surface area (Å²) in [5.41, 5.74) is 6.67. The topological polar surface area (TPSA) is 80.9 Å². The summed E-state index contributed by atoms with van der Waals surface area (Å²) in [6.45, 7) is 0. The highest BCUT2D eigenvalue weighted by molar-refractivity contribution is 7.13. The molecule has 3 N–H and O–H groups in total. The van der Waals surface area contributed by atoms with Crippen molar-refractivity contribution in [2.24, 2.45) is 0 Å². The summed E-state index contributed by atoms with van der Waals surface area (Å²) in [7, 11) is 0. The third kappa shape index (κ3) is 2.31. The van der Waals surface area contributed by atoms with Gasteiger partial charge in [-0.3, -0.25) is 9.78 Å². The molecule has 2 heterocycles. The smallest absolute Gasteiger partial charge is 0.259 e. The van der Waals surface area contributed by atoms with Gasteiger partial charge in [0.2, 0.25) is 0 Å². The van der Waals surface area contributed by atoms with Gasteiger partial charge in [0.15, 0.2) is 5.82 Å². The lowest BCUT2D eigenvalue weighted by molar-refractivity contribution is 0.102. The Morgan fingerprint density at radius 1 is 1.35 bits per heavy atom. The lowest BCUT2D eigenvalue weighted by Gasteiger charge is -2.04. The number of fused-ring (bicyclic) bond motifs is 1. The highest BCUT2D eigenvalue weighted by Crippen LogP contribution is 2.29. The van der Waals surface area contributed by atoms with Gasteiger partial charge in [-0.25, -0.2) is 0 Å². The molecule has 1 aromatic carbocycles. The number of halogens is 1. The molecule has 0 unspecified atom stereocenters. The zero-order valence-electron chi connectivity index (χ0n) is 10.1. The van der Waals surface area contributed by atoms with E-state index >= 15 is 0 Å². The molecule has 1 amide bonds. The Morgan fingerprint density at radius 3 is 3.00 bits per heavy atom. The summed E-state index contributed by atoms with van der Waals surface area (Å²) in [5, 5.41) is 3.88. The molecule has 0 spiro atoms. The van der Waals surface area contributed by atoms with Gasteiger partial charge in [0.1, 0.15) is 0 Å². The van der Waals surface area contributed by atoms with Crippen LogP contribution in [0.3, 0.4) is 0 Å². The van der Waals surface area contributed by atoms with Crippen LogP contribution in [0.4, 0.5) is 11.5 Å². The predicted molar refractivity (Wildman–Crippen MR) is 81.2 cm³/mol. The Kier molecular flexibility index (Phi) is 3.25. The highest BCUT2D eigenvalue weighted by Gasteiger charge is 2.14. The van der Waals surface area contributed by atoms with Crippen LogP contribution in [0.2, 0.25) is 5.02 Å². The Bertz CT molecular complexity index is 802. The first kappa shape index (κ1) is 12.8. The van der Waals surface area contributed by atoms with Crippen LogP contribution >= 0.6 is 23.1 Å². The van der Waals surface area contributed by atoms with Gasteiger partial charge in [-0.15, -0.1) is 0 Å². The molecule has 0 aliphatic rings. The molecular weight excluding hydrogens is 296 g/mol. The molecular formula is C13H9ClN4OS. The molecule has 0 aliphatic carbocycles. The lowest BCUT2D eigenvalue weighted by atomic mass is 10.2. The summed E-state index contributed by atoms with van der Waals surface area (Å²) in [6.07, 6.45) is 2.94. The number of carbonyl (C=O) groups excluding carboxylic acids is 1. The van der Waals surface area contributed by atoms with Crippen molar-refractivity contribution >= 4 is 50.6 Å². The lowest BCUT2D eigenvalue weighted by Crippen LogP contribution is -2.13. The number of pyridine rings is 1.